The van der Waals surface area contributed by atoms with Crippen LogP contribution in [0.4, 0.5) is 0 Å². The zero-order chi connectivity index (χ0) is 10.6. The highest BCUT2D eigenvalue weighted by Crippen LogP contribution is 2.39. The van der Waals surface area contributed by atoms with Gasteiger partial charge in [-0.15, -0.1) is 0 Å². The van der Waals surface area contributed by atoms with Gasteiger partial charge in [-0.3, -0.25) is 0 Å². The summed E-state index contributed by atoms with van der Waals surface area (Å²) in [5, 5.41) is 1.09. The number of hydrogen-bond acceptors (Lipinski definition) is 2. The molecule has 2 nitrogen and oxygen atoms in total. The summed E-state index contributed by atoms with van der Waals surface area (Å²) in [6.45, 7) is 2.64. The van der Waals surface area contributed by atoms with Crippen molar-refractivity contribution in [2.75, 3.05) is 25.2 Å². The van der Waals surface area contributed by atoms with E-state index in [0.29, 0.717) is 11.5 Å². The van der Waals surface area contributed by atoms with Gasteiger partial charge in [0, 0.05) is 17.4 Å². The molecule has 0 N–H and O–H groups in total. The molecule has 0 aromatic heterocycles. The Bertz CT molecular complexity index is 184. The highest BCUT2D eigenvalue weighted by Gasteiger charge is 2.33. The van der Waals surface area contributed by atoms with Crippen LogP contribution in [0.15, 0.2) is 0 Å². The van der Waals surface area contributed by atoms with Gasteiger partial charge in [-0.25, -0.2) is 0 Å². The first-order chi connectivity index (χ1) is 7.35. The predicted molar refractivity (Wildman–Crippen MR) is 64.5 cm³/mol. The molecule has 88 valence electrons. The Morgan fingerprint density at radius 2 is 2.07 bits per heavy atom. The lowest BCUT2D eigenvalue weighted by Gasteiger charge is -2.26. The smallest absolute Gasteiger partial charge is 0.0809 e. The fourth-order valence-electron chi connectivity index (χ4n) is 2.62. The van der Waals surface area contributed by atoms with E-state index in [1.165, 1.54) is 38.5 Å². The molecule has 0 radical (unpaired) electrons. The highest BCUT2D eigenvalue weighted by atomic mass is 79.9. The third kappa shape index (κ3) is 3.18. The first-order valence-corrected chi connectivity index (χ1v) is 7.22. The van der Waals surface area contributed by atoms with Crippen molar-refractivity contribution in [1.29, 1.82) is 0 Å². The van der Waals surface area contributed by atoms with Gasteiger partial charge in [0.2, 0.25) is 0 Å². The van der Waals surface area contributed by atoms with Crippen LogP contribution in [0.3, 0.4) is 0 Å². The number of ether oxygens (including phenoxy) is 2. The van der Waals surface area contributed by atoms with Gasteiger partial charge in [-0.2, -0.15) is 0 Å². The van der Waals surface area contributed by atoms with E-state index in [1.54, 1.807) is 0 Å². The van der Waals surface area contributed by atoms with E-state index in [0.717, 1.165) is 25.2 Å². The first kappa shape index (κ1) is 11.9. The van der Waals surface area contributed by atoms with Crippen LogP contribution in [0.2, 0.25) is 0 Å². The standard InChI is InChI=1S/C12H21BrO2/c13-9-12(5-1-2-6-12)10-14-8-11-4-3-7-15-11/h11H,1-10H2. The number of rotatable bonds is 5. The lowest BCUT2D eigenvalue weighted by molar-refractivity contribution is -0.0110. The minimum absolute atomic E-state index is 0.374. The van der Waals surface area contributed by atoms with Crippen LogP contribution < -0.4 is 0 Å². The molecule has 0 spiro atoms. The largest absolute Gasteiger partial charge is 0.378 e. The van der Waals surface area contributed by atoms with Crippen molar-refractivity contribution in [3.05, 3.63) is 0 Å². The van der Waals surface area contributed by atoms with Crippen molar-refractivity contribution in [1.82, 2.24) is 0 Å². The molecule has 15 heavy (non-hydrogen) atoms. The number of halogens is 1. The summed E-state index contributed by atoms with van der Waals surface area (Å²) in [6, 6.07) is 0. The second-order valence-corrected chi connectivity index (χ2v) is 5.55. The SMILES string of the molecule is BrCC1(COCC2CCCO2)CCCC1. The van der Waals surface area contributed by atoms with E-state index in [2.05, 4.69) is 15.9 Å². The lowest BCUT2D eigenvalue weighted by atomic mass is 9.90. The Kier molecular flexibility index (Phi) is 4.47. The van der Waals surface area contributed by atoms with Gasteiger partial charge in [0.25, 0.3) is 0 Å². The highest BCUT2D eigenvalue weighted by molar-refractivity contribution is 9.09. The molecular formula is C12H21BrO2. The maximum absolute atomic E-state index is 5.84. The molecule has 1 aliphatic carbocycles. The van der Waals surface area contributed by atoms with Gasteiger partial charge >= 0.3 is 0 Å². The molecule has 2 rings (SSSR count). The number of alkyl halides is 1. The van der Waals surface area contributed by atoms with Gasteiger partial charge < -0.3 is 9.47 Å². The molecule has 1 atom stereocenters. The van der Waals surface area contributed by atoms with E-state index >= 15 is 0 Å². The Morgan fingerprint density at radius 1 is 1.27 bits per heavy atom. The van der Waals surface area contributed by atoms with E-state index in [9.17, 15) is 0 Å². The number of hydrogen-bond donors (Lipinski definition) is 0. The molecule has 2 aliphatic rings. The predicted octanol–water partition coefficient (Wildman–Crippen LogP) is 3.14. The molecule has 0 bridgehead atoms. The second kappa shape index (κ2) is 5.65. The molecule has 0 aromatic carbocycles. The van der Waals surface area contributed by atoms with Crippen LogP contribution >= 0.6 is 15.9 Å². The fraction of sp³-hybridized carbons (Fsp3) is 1.00. The molecule has 3 heteroatoms. The van der Waals surface area contributed by atoms with Crippen LogP contribution in [-0.4, -0.2) is 31.3 Å². The summed E-state index contributed by atoms with van der Waals surface area (Å²) in [7, 11) is 0. The summed E-state index contributed by atoms with van der Waals surface area (Å²) in [5.74, 6) is 0. The topological polar surface area (TPSA) is 18.5 Å². The van der Waals surface area contributed by atoms with Gasteiger partial charge in [-0.1, -0.05) is 28.8 Å². The van der Waals surface area contributed by atoms with Crippen molar-refractivity contribution in [3.8, 4) is 0 Å². The van der Waals surface area contributed by atoms with Gasteiger partial charge in [0.1, 0.15) is 0 Å². The van der Waals surface area contributed by atoms with Crippen molar-refractivity contribution >= 4 is 15.9 Å². The van der Waals surface area contributed by atoms with Crippen molar-refractivity contribution < 1.29 is 9.47 Å². The quantitative estimate of drug-likeness (QED) is 0.719. The molecule has 1 unspecified atom stereocenters. The minimum Gasteiger partial charge on any atom is -0.378 e. The van der Waals surface area contributed by atoms with E-state index < -0.39 is 0 Å². The third-order valence-corrected chi connectivity index (χ3v) is 4.87. The average molecular weight is 277 g/mol. The monoisotopic (exact) mass is 276 g/mol. The van der Waals surface area contributed by atoms with E-state index in [-0.39, 0.29) is 0 Å². The fourth-order valence-corrected chi connectivity index (χ4v) is 3.35. The minimum atomic E-state index is 0.374. The van der Waals surface area contributed by atoms with Crippen LogP contribution in [-0.2, 0) is 9.47 Å². The maximum atomic E-state index is 5.84. The molecule has 1 saturated carbocycles. The summed E-state index contributed by atoms with van der Waals surface area (Å²) in [4.78, 5) is 0. The summed E-state index contributed by atoms with van der Waals surface area (Å²) in [6.07, 6.45) is 8.15. The van der Waals surface area contributed by atoms with Crippen LogP contribution in [0.1, 0.15) is 38.5 Å². The van der Waals surface area contributed by atoms with E-state index in [4.69, 9.17) is 9.47 Å². The summed E-state index contributed by atoms with van der Waals surface area (Å²) >= 11 is 3.64. The van der Waals surface area contributed by atoms with Gasteiger partial charge in [0.05, 0.1) is 19.3 Å². The summed E-state index contributed by atoms with van der Waals surface area (Å²) in [5.41, 5.74) is 0.429. The molecular weight excluding hydrogens is 256 g/mol. The first-order valence-electron chi connectivity index (χ1n) is 6.10. The Balaban J connectivity index is 1.67. The Labute approximate surface area is 101 Å². The molecule has 2 fully saturated rings. The lowest BCUT2D eigenvalue weighted by Crippen LogP contribution is -2.27. The Hall–Kier alpha value is 0.400. The molecule has 1 saturated heterocycles. The molecule has 1 aliphatic heterocycles. The van der Waals surface area contributed by atoms with Crippen molar-refractivity contribution in [2.45, 2.75) is 44.6 Å². The van der Waals surface area contributed by atoms with Crippen LogP contribution in [0.25, 0.3) is 0 Å². The van der Waals surface area contributed by atoms with Crippen LogP contribution in [0, 0.1) is 5.41 Å². The molecule has 0 aromatic rings. The zero-order valence-corrected chi connectivity index (χ0v) is 10.9. The van der Waals surface area contributed by atoms with Gasteiger partial charge in [-0.05, 0) is 25.7 Å². The van der Waals surface area contributed by atoms with Crippen molar-refractivity contribution in [3.63, 3.8) is 0 Å². The Morgan fingerprint density at radius 3 is 2.67 bits per heavy atom. The third-order valence-electron chi connectivity index (χ3n) is 3.68. The van der Waals surface area contributed by atoms with Crippen molar-refractivity contribution in [2.24, 2.45) is 5.41 Å². The van der Waals surface area contributed by atoms with Crippen LogP contribution in [0.5, 0.6) is 0 Å². The second-order valence-electron chi connectivity index (χ2n) is 4.99. The van der Waals surface area contributed by atoms with Gasteiger partial charge in [0.15, 0.2) is 0 Å². The maximum Gasteiger partial charge on any atom is 0.0809 e. The molecule has 0 amide bonds. The molecule has 1 heterocycles. The van der Waals surface area contributed by atoms with E-state index in [1.807, 2.05) is 0 Å². The zero-order valence-electron chi connectivity index (χ0n) is 9.34. The average Bonchev–Trinajstić information content (AvgIpc) is 2.89. The normalized spacial score (nSPS) is 29.8. The summed E-state index contributed by atoms with van der Waals surface area (Å²) < 4.78 is 11.4.